The van der Waals surface area contributed by atoms with Gasteiger partial charge in [-0.2, -0.15) is 10.8 Å². The molecule has 3 aliphatic rings. The van der Waals surface area contributed by atoms with E-state index in [9.17, 15) is 0 Å². The van der Waals surface area contributed by atoms with Gasteiger partial charge in [0.05, 0.1) is 19.0 Å². The molecule has 3 rings (SSSR count). The summed E-state index contributed by atoms with van der Waals surface area (Å²) in [6.45, 7) is 1.52. The first-order valence-corrected chi connectivity index (χ1v) is 5.96. The van der Waals surface area contributed by atoms with Crippen molar-refractivity contribution in [3.63, 3.8) is 0 Å². The first-order chi connectivity index (χ1) is 7.72. The van der Waals surface area contributed by atoms with E-state index < -0.39 is 0 Å². The third kappa shape index (κ3) is 1.34. The van der Waals surface area contributed by atoms with Crippen molar-refractivity contribution in [1.29, 1.82) is 0 Å². The number of fused-ring (bicyclic) bond motifs is 1. The average molecular weight is 284 g/mol. The molecule has 0 aliphatic carbocycles. The molecule has 0 radical (unpaired) electrons. The van der Waals surface area contributed by atoms with Gasteiger partial charge in [0.1, 0.15) is 11.9 Å². The second kappa shape index (κ2) is 3.59. The van der Waals surface area contributed by atoms with Crippen LogP contribution in [0.5, 0.6) is 0 Å². The number of quaternary nitrogens is 1. The third-order valence-corrected chi connectivity index (χ3v) is 3.84. The number of hydrogen-bond acceptors (Lipinski definition) is 4. The number of aliphatic imine (C=N–C) groups is 2. The van der Waals surface area contributed by atoms with Crippen LogP contribution in [0.3, 0.4) is 0 Å². The second-order valence-corrected chi connectivity index (χ2v) is 4.77. The first-order valence-electron chi connectivity index (χ1n) is 5.17. The molecule has 3 aliphatic heterocycles. The van der Waals surface area contributed by atoms with Gasteiger partial charge in [-0.25, -0.2) is 0 Å². The van der Waals surface area contributed by atoms with E-state index in [0.717, 1.165) is 31.0 Å². The number of nitrogens with zero attached hydrogens (tertiary/aromatic N) is 3. The van der Waals surface area contributed by atoms with Gasteiger partial charge in [-0.05, 0) is 6.42 Å². The van der Waals surface area contributed by atoms with Gasteiger partial charge in [0.15, 0.2) is 0 Å². The predicted octanol–water partition coefficient (Wildman–Crippen LogP) is 1.25. The molecule has 0 aromatic carbocycles. The summed E-state index contributed by atoms with van der Waals surface area (Å²) in [5.74, 6) is 6.59. The molecule has 0 aromatic heterocycles. The van der Waals surface area contributed by atoms with E-state index in [1.165, 1.54) is 0 Å². The maximum atomic E-state index is 6.25. The molecular formula is C10H12BrN4O+. The lowest BCUT2D eigenvalue weighted by molar-refractivity contribution is -0.746. The van der Waals surface area contributed by atoms with Crippen LogP contribution in [0.15, 0.2) is 33.8 Å². The molecule has 16 heavy (non-hydrogen) atoms. The number of nitrogens with two attached hydrogens (primary N) is 1. The van der Waals surface area contributed by atoms with Gasteiger partial charge in [0, 0.05) is 28.5 Å². The van der Waals surface area contributed by atoms with Gasteiger partial charge in [-0.15, -0.1) is 4.59 Å². The van der Waals surface area contributed by atoms with Crippen molar-refractivity contribution in [3.05, 3.63) is 23.8 Å². The number of hydrogen-bond donors (Lipinski definition) is 1. The van der Waals surface area contributed by atoms with Crippen LogP contribution in [0, 0.1) is 5.92 Å². The Balaban J connectivity index is 2.06. The van der Waals surface area contributed by atoms with Crippen molar-refractivity contribution in [2.45, 2.75) is 6.42 Å². The minimum atomic E-state index is 0.0926. The Morgan fingerprint density at radius 1 is 1.56 bits per heavy atom. The van der Waals surface area contributed by atoms with Gasteiger partial charge in [-0.1, -0.05) is 0 Å². The van der Waals surface area contributed by atoms with Crippen molar-refractivity contribution >= 4 is 26.9 Å². The molecule has 3 heterocycles. The average Bonchev–Trinajstić information content (AvgIpc) is 2.86. The number of ether oxygens (including phenoxy) is 1. The molecule has 5 nitrogen and oxygen atoms in total. The molecule has 0 aromatic rings. The van der Waals surface area contributed by atoms with E-state index >= 15 is 0 Å². The molecule has 2 N–H and O–H groups in total. The Morgan fingerprint density at radius 3 is 3.19 bits per heavy atom. The highest BCUT2D eigenvalue weighted by atomic mass is 79.9. The minimum Gasteiger partial charge on any atom is -0.381 e. The fraction of sp³-hybridized carbons (Fsp3) is 0.400. The van der Waals surface area contributed by atoms with Gasteiger partial charge in [0.25, 0.3) is 0 Å². The zero-order chi connectivity index (χ0) is 11.2. The fourth-order valence-electron chi connectivity index (χ4n) is 2.14. The van der Waals surface area contributed by atoms with Crippen molar-refractivity contribution in [2.75, 3.05) is 13.2 Å². The van der Waals surface area contributed by atoms with Gasteiger partial charge >= 0.3 is 4.74 Å². The number of halogens is 1. The molecule has 0 amide bonds. The summed E-state index contributed by atoms with van der Waals surface area (Å²) in [6, 6.07) is 0. The fourth-order valence-corrected chi connectivity index (χ4v) is 2.64. The number of amidine groups is 1. The first kappa shape index (κ1) is 10.3. The zero-order valence-corrected chi connectivity index (χ0v) is 10.2. The molecule has 1 saturated heterocycles. The standard InChI is InChI=1S/C10H12BrN4O/c11-10-14-9(7-1-4-16-6-7)8-5-13-2-3-15(8,10)12/h2-3,5,7H,1,4,6,12H2/q+1. The largest absolute Gasteiger partial charge is 0.381 e. The summed E-state index contributed by atoms with van der Waals surface area (Å²) in [4.78, 5) is 8.65. The van der Waals surface area contributed by atoms with Crippen LogP contribution in [-0.4, -0.2) is 28.8 Å². The van der Waals surface area contributed by atoms with E-state index in [2.05, 4.69) is 25.9 Å². The summed E-state index contributed by atoms with van der Waals surface area (Å²) in [5, 5.41) is 0. The highest BCUT2D eigenvalue weighted by Crippen LogP contribution is 2.36. The maximum Gasteiger partial charge on any atom is 0.301 e. The van der Waals surface area contributed by atoms with Crippen molar-refractivity contribution in [2.24, 2.45) is 21.7 Å². The molecule has 2 atom stereocenters. The Kier molecular flexibility index (Phi) is 2.32. The Labute approximate surface area is 102 Å². The lowest BCUT2D eigenvalue weighted by atomic mass is 10.0. The molecule has 2 unspecified atom stereocenters. The summed E-state index contributed by atoms with van der Waals surface area (Å²) in [5.41, 5.74) is 1.94. The van der Waals surface area contributed by atoms with E-state index in [1.54, 1.807) is 12.4 Å². The molecule has 0 bridgehead atoms. The van der Waals surface area contributed by atoms with Crippen LogP contribution >= 0.6 is 15.9 Å². The van der Waals surface area contributed by atoms with Crippen molar-refractivity contribution in [3.8, 4) is 0 Å². The monoisotopic (exact) mass is 283 g/mol. The third-order valence-electron chi connectivity index (χ3n) is 3.08. The highest BCUT2D eigenvalue weighted by molar-refractivity contribution is 9.18. The Hall–Kier alpha value is -0.820. The molecule has 6 heteroatoms. The minimum absolute atomic E-state index is 0.0926. The predicted molar refractivity (Wildman–Crippen MR) is 64.4 cm³/mol. The molecule has 84 valence electrons. The Morgan fingerprint density at radius 2 is 2.44 bits per heavy atom. The van der Waals surface area contributed by atoms with Gasteiger partial charge in [0.2, 0.25) is 5.70 Å². The quantitative estimate of drug-likeness (QED) is 0.447. The molecule has 0 saturated carbocycles. The number of rotatable bonds is 1. The van der Waals surface area contributed by atoms with E-state index in [1.807, 2.05) is 6.20 Å². The lowest BCUT2D eigenvalue weighted by Crippen LogP contribution is -2.50. The molecule has 1 fully saturated rings. The molecule has 0 spiro atoms. The normalized spacial score (nSPS) is 36.9. The smallest absolute Gasteiger partial charge is 0.301 e. The van der Waals surface area contributed by atoms with E-state index in [0.29, 0.717) is 10.7 Å². The maximum absolute atomic E-state index is 6.25. The van der Waals surface area contributed by atoms with Crippen LogP contribution in [-0.2, 0) is 4.74 Å². The van der Waals surface area contributed by atoms with Gasteiger partial charge < -0.3 is 4.74 Å². The SMILES string of the molecule is N[N+]12C=CN=CC1=C(C1CCOC1)N=C2Br. The zero-order valence-electron chi connectivity index (χ0n) is 8.64. The van der Waals surface area contributed by atoms with Crippen LogP contribution in [0.2, 0.25) is 0 Å². The summed E-state index contributed by atoms with van der Waals surface area (Å²) < 4.78 is 6.18. The van der Waals surface area contributed by atoms with Crippen molar-refractivity contribution in [1.82, 2.24) is 0 Å². The van der Waals surface area contributed by atoms with E-state index in [-0.39, 0.29) is 4.59 Å². The Bertz CT molecular complexity index is 448. The summed E-state index contributed by atoms with van der Waals surface area (Å²) >= 11 is 3.43. The van der Waals surface area contributed by atoms with Crippen LogP contribution in [0.25, 0.3) is 0 Å². The summed E-state index contributed by atoms with van der Waals surface area (Å²) in [7, 11) is 0. The molecular weight excluding hydrogens is 272 g/mol. The van der Waals surface area contributed by atoms with Crippen LogP contribution in [0.1, 0.15) is 6.42 Å². The van der Waals surface area contributed by atoms with Crippen molar-refractivity contribution < 1.29 is 9.33 Å². The number of allylic oxidation sites excluding steroid dienone is 1. The van der Waals surface area contributed by atoms with Gasteiger partial charge in [-0.3, -0.25) is 4.99 Å². The lowest BCUT2D eigenvalue weighted by Gasteiger charge is -2.23. The van der Waals surface area contributed by atoms with E-state index in [4.69, 9.17) is 10.6 Å². The summed E-state index contributed by atoms with van der Waals surface area (Å²) in [6.07, 6.45) is 6.28. The van der Waals surface area contributed by atoms with Crippen LogP contribution < -0.4 is 5.84 Å². The second-order valence-electron chi connectivity index (χ2n) is 4.07. The topological polar surface area (TPSA) is 60.0 Å². The van der Waals surface area contributed by atoms with Crippen LogP contribution in [0.4, 0.5) is 0 Å². The highest BCUT2D eigenvalue weighted by Gasteiger charge is 2.44.